The van der Waals surface area contributed by atoms with Gasteiger partial charge in [-0.05, 0) is 12.0 Å². The van der Waals surface area contributed by atoms with Crippen molar-refractivity contribution >= 4 is 5.91 Å². The first-order chi connectivity index (χ1) is 11.8. The second-order valence-corrected chi connectivity index (χ2v) is 5.73. The summed E-state index contributed by atoms with van der Waals surface area (Å²) in [5.74, 6) is 0.552. The van der Waals surface area contributed by atoms with Crippen LogP contribution < -0.4 is 0 Å². The number of nitrogens with zero attached hydrogens (tertiary/aromatic N) is 6. The summed E-state index contributed by atoms with van der Waals surface area (Å²) >= 11 is 0. The minimum absolute atomic E-state index is 0.0369. The maximum absolute atomic E-state index is 12.6. The van der Waals surface area contributed by atoms with Crippen LogP contribution in [0.25, 0.3) is 0 Å². The number of aromatic nitrogens is 5. The van der Waals surface area contributed by atoms with Gasteiger partial charge in [-0.3, -0.25) is 4.79 Å². The van der Waals surface area contributed by atoms with Gasteiger partial charge in [0, 0.05) is 13.1 Å². The van der Waals surface area contributed by atoms with Crippen molar-refractivity contribution < 1.29 is 9.32 Å². The van der Waals surface area contributed by atoms with Crippen molar-refractivity contribution in [3.63, 3.8) is 0 Å². The van der Waals surface area contributed by atoms with Crippen LogP contribution in [0.1, 0.15) is 29.6 Å². The predicted molar refractivity (Wildman–Crippen MR) is 82.6 cm³/mol. The molecule has 1 aliphatic rings. The fraction of sp³-hybridized carbons (Fsp3) is 0.312. The lowest BCUT2D eigenvalue weighted by Crippen LogP contribution is -2.26. The first kappa shape index (κ1) is 14.6. The number of carbonyl (C=O) groups excluding carboxylic acids is 1. The molecule has 8 heteroatoms. The Labute approximate surface area is 138 Å². The van der Waals surface area contributed by atoms with Crippen molar-refractivity contribution in [1.29, 1.82) is 0 Å². The van der Waals surface area contributed by atoms with E-state index in [1.165, 1.54) is 6.33 Å². The Kier molecular flexibility index (Phi) is 3.78. The second kappa shape index (κ2) is 6.23. The normalized spacial score (nSPS) is 17.6. The molecule has 1 amide bonds. The standard InChI is InChI=1S/C16H16N6O2/c23-16-13(6-7-21(16)8-12-4-2-1-3-5-12)15-19-14(20-24-15)9-22-11-17-10-18-22/h1-5,10-11,13H,6-9H2. The Morgan fingerprint density at radius 1 is 1.21 bits per heavy atom. The van der Waals surface area contributed by atoms with Gasteiger partial charge in [-0.2, -0.15) is 10.1 Å². The molecule has 1 unspecified atom stereocenters. The van der Waals surface area contributed by atoms with Crippen molar-refractivity contribution in [1.82, 2.24) is 29.8 Å². The van der Waals surface area contributed by atoms with Crippen molar-refractivity contribution in [3.05, 3.63) is 60.3 Å². The maximum atomic E-state index is 12.6. The quantitative estimate of drug-likeness (QED) is 0.701. The van der Waals surface area contributed by atoms with E-state index in [4.69, 9.17) is 4.52 Å². The smallest absolute Gasteiger partial charge is 0.239 e. The molecule has 8 nitrogen and oxygen atoms in total. The zero-order valence-corrected chi connectivity index (χ0v) is 12.9. The summed E-state index contributed by atoms with van der Waals surface area (Å²) in [5, 5.41) is 7.93. The minimum Gasteiger partial charge on any atom is -0.338 e. The summed E-state index contributed by atoms with van der Waals surface area (Å²) in [4.78, 5) is 22.7. The highest BCUT2D eigenvalue weighted by Gasteiger charge is 2.36. The van der Waals surface area contributed by atoms with E-state index in [9.17, 15) is 4.79 Å². The van der Waals surface area contributed by atoms with Crippen molar-refractivity contribution in [2.75, 3.05) is 6.54 Å². The highest BCUT2D eigenvalue weighted by atomic mass is 16.5. The van der Waals surface area contributed by atoms with Crippen LogP contribution in [0.3, 0.4) is 0 Å². The molecule has 1 fully saturated rings. The lowest BCUT2D eigenvalue weighted by atomic mass is 10.1. The Bertz CT molecular complexity index is 814. The zero-order valence-electron chi connectivity index (χ0n) is 12.9. The molecule has 0 aliphatic carbocycles. The van der Waals surface area contributed by atoms with Gasteiger partial charge < -0.3 is 9.42 Å². The van der Waals surface area contributed by atoms with Crippen molar-refractivity contribution in [2.24, 2.45) is 0 Å². The Balaban J connectivity index is 1.44. The molecule has 1 atom stereocenters. The molecule has 2 aromatic heterocycles. The van der Waals surface area contributed by atoms with Gasteiger partial charge in [0.1, 0.15) is 25.1 Å². The highest BCUT2D eigenvalue weighted by Crippen LogP contribution is 2.28. The van der Waals surface area contributed by atoms with Crippen molar-refractivity contribution in [3.8, 4) is 0 Å². The number of likely N-dealkylation sites (tertiary alicyclic amines) is 1. The lowest BCUT2D eigenvalue weighted by molar-refractivity contribution is -0.129. The van der Waals surface area contributed by atoms with Crippen LogP contribution in [-0.4, -0.2) is 42.3 Å². The third-order valence-corrected chi connectivity index (χ3v) is 4.07. The molecule has 4 rings (SSSR count). The summed E-state index contributed by atoms with van der Waals surface area (Å²) in [5.41, 5.74) is 1.11. The van der Waals surface area contributed by atoms with Crippen LogP contribution in [0.4, 0.5) is 0 Å². The average Bonchev–Trinajstić information content (AvgIpc) is 3.33. The number of carbonyl (C=O) groups is 1. The van der Waals surface area contributed by atoms with Crippen LogP contribution in [-0.2, 0) is 17.9 Å². The zero-order chi connectivity index (χ0) is 16.4. The molecular formula is C16H16N6O2. The van der Waals surface area contributed by atoms with Gasteiger partial charge in [-0.1, -0.05) is 35.5 Å². The molecule has 0 spiro atoms. The average molecular weight is 324 g/mol. The monoisotopic (exact) mass is 324 g/mol. The van der Waals surface area contributed by atoms with Crippen LogP contribution in [0.15, 0.2) is 47.5 Å². The van der Waals surface area contributed by atoms with Crippen LogP contribution in [0, 0.1) is 0 Å². The molecule has 122 valence electrons. The fourth-order valence-corrected chi connectivity index (χ4v) is 2.86. The van der Waals surface area contributed by atoms with Gasteiger partial charge in [-0.15, -0.1) is 0 Å². The number of rotatable bonds is 5. The maximum Gasteiger partial charge on any atom is 0.239 e. The molecule has 0 saturated carbocycles. The molecule has 1 aliphatic heterocycles. The minimum atomic E-state index is -0.356. The Morgan fingerprint density at radius 2 is 2.08 bits per heavy atom. The van der Waals surface area contributed by atoms with Gasteiger partial charge in [-0.25, -0.2) is 9.67 Å². The summed E-state index contributed by atoms with van der Waals surface area (Å²) in [6.07, 6.45) is 3.72. The van der Waals surface area contributed by atoms with E-state index in [1.54, 1.807) is 11.0 Å². The third-order valence-electron chi connectivity index (χ3n) is 4.07. The molecular weight excluding hydrogens is 308 g/mol. The van der Waals surface area contributed by atoms with Gasteiger partial charge in [0.05, 0.1) is 0 Å². The SMILES string of the molecule is O=C1C(c2nc(Cn3cncn3)no2)CCN1Cc1ccccc1. The summed E-state index contributed by atoms with van der Waals surface area (Å²) in [6.45, 7) is 1.67. The Hall–Kier alpha value is -3.03. The summed E-state index contributed by atoms with van der Waals surface area (Å²) < 4.78 is 6.90. The van der Waals surface area contributed by atoms with E-state index in [1.807, 2.05) is 35.2 Å². The lowest BCUT2D eigenvalue weighted by Gasteiger charge is -2.15. The van der Waals surface area contributed by atoms with E-state index in [-0.39, 0.29) is 11.8 Å². The Morgan fingerprint density at radius 3 is 2.88 bits per heavy atom. The number of amides is 1. The molecule has 3 heterocycles. The molecule has 1 aromatic carbocycles. The van der Waals surface area contributed by atoms with Crippen LogP contribution >= 0.6 is 0 Å². The van der Waals surface area contributed by atoms with Gasteiger partial charge in [0.2, 0.25) is 11.8 Å². The van der Waals surface area contributed by atoms with Gasteiger partial charge in [0.25, 0.3) is 0 Å². The molecule has 24 heavy (non-hydrogen) atoms. The molecule has 1 saturated heterocycles. The van der Waals surface area contributed by atoms with E-state index < -0.39 is 0 Å². The molecule has 0 radical (unpaired) electrons. The first-order valence-electron chi connectivity index (χ1n) is 7.77. The number of hydrogen-bond acceptors (Lipinski definition) is 6. The summed E-state index contributed by atoms with van der Waals surface area (Å²) in [7, 11) is 0. The van der Waals surface area contributed by atoms with Crippen molar-refractivity contribution in [2.45, 2.75) is 25.4 Å². The molecule has 3 aromatic rings. The predicted octanol–water partition coefficient (Wildman–Crippen LogP) is 1.23. The van der Waals surface area contributed by atoms with E-state index in [0.717, 1.165) is 5.56 Å². The van der Waals surface area contributed by atoms with Crippen LogP contribution in [0.5, 0.6) is 0 Å². The first-order valence-corrected chi connectivity index (χ1v) is 7.77. The largest absolute Gasteiger partial charge is 0.338 e. The molecule has 0 bridgehead atoms. The fourth-order valence-electron chi connectivity index (χ4n) is 2.86. The number of hydrogen-bond donors (Lipinski definition) is 0. The van der Waals surface area contributed by atoms with E-state index >= 15 is 0 Å². The van der Waals surface area contributed by atoms with E-state index in [2.05, 4.69) is 20.2 Å². The van der Waals surface area contributed by atoms with Gasteiger partial charge >= 0.3 is 0 Å². The molecule has 0 N–H and O–H groups in total. The van der Waals surface area contributed by atoms with Gasteiger partial charge in [0.15, 0.2) is 5.82 Å². The summed E-state index contributed by atoms with van der Waals surface area (Å²) in [6, 6.07) is 9.95. The third kappa shape index (κ3) is 2.90. The van der Waals surface area contributed by atoms with E-state index in [0.29, 0.717) is 37.8 Å². The van der Waals surface area contributed by atoms with Crippen LogP contribution in [0.2, 0.25) is 0 Å². The topological polar surface area (TPSA) is 89.9 Å². The number of benzene rings is 1. The second-order valence-electron chi connectivity index (χ2n) is 5.73. The highest BCUT2D eigenvalue weighted by molar-refractivity contribution is 5.84.